The van der Waals surface area contributed by atoms with E-state index < -0.39 is 0 Å². The van der Waals surface area contributed by atoms with Gasteiger partial charge in [-0.05, 0) is 43.2 Å². The van der Waals surface area contributed by atoms with Gasteiger partial charge in [0.25, 0.3) is 0 Å². The summed E-state index contributed by atoms with van der Waals surface area (Å²) in [4.78, 5) is 2.18. The Kier molecular flexibility index (Phi) is 6.00. The summed E-state index contributed by atoms with van der Waals surface area (Å²) in [6.07, 6.45) is 3.76. The molecule has 0 aromatic heterocycles. The highest BCUT2D eigenvalue weighted by Crippen LogP contribution is 2.30. The van der Waals surface area contributed by atoms with E-state index in [1.54, 1.807) is 19.2 Å². The van der Waals surface area contributed by atoms with Crippen molar-refractivity contribution in [3.05, 3.63) is 29.6 Å². The molecule has 1 aromatic rings. The predicted octanol–water partition coefficient (Wildman–Crippen LogP) is 2.97. The number of ether oxygens (including phenoxy) is 1. The van der Waals surface area contributed by atoms with E-state index in [0.29, 0.717) is 5.92 Å². The molecule has 0 amide bonds. The monoisotopic (exact) mass is 294 g/mol. The lowest BCUT2D eigenvalue weighted by atomic mass is 9.95. The van der Waals surface area contributed by atoms with Crippen LogP contribution in [0.3, 0.4) is 0 Å². The second kappa shape index (κ2) is 7.76. The number of hydrogen-bond donors (Lipinski definition) is 1. The van der Waals surface area contributed by atoms with Gasteiger partial charge in [0.2, 0.25) is 0 Å². The SMILES string of the molecule is CCC(N)Cc1cccc(F)c1N1CCC(COC)CC1. The number of halogens is 1. The van der Waals surface area contributed by atoms with Gasteiger partial charge in [-0.2, -0.15) is 0 Å². The third-order valence-corrected chi connectivity index (χ3v) is 4.41. The van der Waals surface area contributed by atoms with Gasteiger partial charge in [0.1, 0.15) is 5.82 Å². The average Bonchev–Trinajstić information content (AvgIpc) is 2.49. The van der Waals surface area contributed by atoms with Gasteiger partial charge < -0.3 is 15.4 Å². The van der Waals surface area contributed by atoms with Gasteiger partial charge in [0.15, 0.2) is 0 Å². The quantitative estimate of drug-likeness (QED) is 0.876. The molecule has 1 aromatic carbocycles. The van der Waals surface area contributed by atoms with Crippen LogP contribution in [0, 0.1) is 11.7 Å². The predicted molar refractivity (Wildman–Crippen MR) is 85.2 cm³/mol. The lowest BCUT2D eigenvalue weighted by Crippen LogP contribution is -2.36. The van der Waals surface area contributed by atoms with Crippen LogP contribution in [0.4, 0.5) is 10.1 Å². The number of anilines is 1. The van der Waals surface area contributed by atoms with Gasteiger partial charge in [0.05, 0.1) is 5.69 Å². The van der Waals surface area contributed by atoms with Crippen molar-refractivity contribution in [3.63, 3.8) is 0 Å². The summed E-state index contributed by atoms with van der Waals surface area (Å²) >= 11 is 0. The zero-order valence-corrected chi connectivity index (χ0v) is 13.1. The van der Waals surface area contributed by atoms with E-state index >= 15 is 0 Å². The van der Waals surface area contributed by atoms with Crippen LogP contribution in [0.1, 0.15) is 31.7 Å². The van der Waals surface area contributed by atoms with Crippen molar-refractivity contribution < 1.29 is 9.13 Å². The summed E-state index contributed by atoms with van der Waals surface area (Å²) < 4.78 is 19.6. The molecule has 1 unspecified atom stereocenters. The fourth-order valence-corrected chi connectivity index (χ4v) is 3.06. The first-order chi connectivity index (χ1) is 10.2. The van der Waals surface area contributed by atoms with Gasteiger partial charge in [0, 0.05) is 32.8 Å². The number of hydrogen-bond acceptors (Lipinski definition) is 3. The second-order valence-electron chi connectivity index (χ2n) is 6.01. The van der Waals surface area contributed by atoms with Crippen molar-refractivity contribution in [2.24, 2.45) is 11.7 Å². The van der Waals surface area contributed by atoms with Gasteiger partial charge in [-0.3, -0.25) is 0 Å². The Hall–Kier alpha value is -1.13. The first-order valence-corrected chi connectivity index (χ1v) is 7.92. The van der Waals surface area contributed by atoms with Crippen LogP contribution in [0.5, 0.6) is 0 Å². The minimum Gasteiger partial charge on any atom is -0.384 e. The Balaban J connectivity index is 2.12. The van der Waals surface area contributed by atoms with Gasteiger partial charge in [-0.1, -0.05) is 19.1 Å². The fourth-order valence-electron chi connectivity index (χ4n) is 3.06. The lowest BCUT2D eigenvalue weighted by Gasteiger charge is -2.35. The first-order valence-electron chi connectivity index (χ1n) is 7.92. The van der Waals surface area contributed by atoms with E-state index in [0.717, 1.165) is 56.6 Å². The first kappa shape index (κ1) is 16.2. The summed E-state index contributed by atoms with van der Waals surface area (Å²) in [5.74, 6) is 0.473. The van der Waals surface area contributed by atoms with E-state index in [1.165, 1.54) is 0 Å². The molecule has 1 heterocycles. The van der Waals surface area contributed by atoms with Crippen LogP contribution in [-0.2, 0) is 11.2 Å². The summed E-state index contributed by atoms with van der Waals surface area (Å²) in [6, 6.07) is 5.44. The third-order valence-electron chi connectivity index (χ3n) is 4.41. The maximum absolute atomic E-state index is 14.3. The molecule has 1 aliphatic heterocycles. The zero-order valence-electron chi connectivity index (χ0n) is 13.1. The standard InChI is InChI=1S/C17H27FN2O/c1-3-15(19)11-14-5-4-6-16(18)17(14)20-9-7-13(8-10-20)12-21-2/h4-6,13,15H,3,7-12,19H2,1-2H3. The van der Waals surface area contributed by atoms with E-state index in [9.17, 15) is 4.39 Å². The zero-order chi connectivity index (χ0) is 15.2. The maximum atomic E-state index is 14.3. The number of para-hydroxylation sites is 1. The maximum Gasteiger partial charge on any atom is 0.146 e. The molecule has 0 bridgehead atoms. The molecule has 0 saturated carbocycles. The molecule has 0 radical (unpaired) electrons. The number of rotatable bonds is 6. The summed E-state index contributed by atoms with van der Waals surface area (Å²) in [5.41, 5.74) is 7.86. The van der Waals surface area contributed by atoms with Gasteiger partial charge >= 0.3 is 0 Å². The Morgan fingerprint density at radius 2 is 2.10 bits per heavy atom. The van der Waals surface area contributed by atoms with Gasteiger partial charge in [-0.25, -0.2) is 4.39 Å². The van der Waals surface area contributed by atoms with Gasteiger partial charge in [-0.15, -0.1) is 0 Å². The molecule has 21 heavy (non-hydrogen) atoms. The lowest BCUT2D eigenvalue weighted by molar-refractivity contribution is 0.139. The number of nitrogens with zero attached hydrogens (tertiary/aromatic N) is 1. The summed E-state index contributed by atoms with van der Waals surface area (Å²) in [7, 11) is 1.74. The van der Waals surface area contributed by atoms with E-state index in [2.05, 4.69) is 11.8 Å². The summed E-state index contributed by atoms with van der Waals surface area (Å²) in [5, 5.41) is 0. The largest absolute Gasteiger partial charge is 0.384 e. The van der Waals surface area contributed by atoms with E-state index in [1.807, 2.05) is 6.07 Å². The number of piperidine rings is 1. The molecular formula is C17H27FN2O. The van der Waals surface area contributed by atoms with E-state index in [4.69, 9.17) is 10.5 Å². The second-order valence-corrected chi connectivity index (χ2v) is 6.01. The highest BCUT2D eigenvalue weighted by Gasteiger charge is 2.23. The average molecular weight is 294 g/mol. The smallest absolute Gasteiger partial charge is 0.146 e. The highest BCUT2D eigenvalue weighted by atomic mass is 19.1. The molecule has 2 N–H and O–H groups in total. The van der Waals surface area contributed by atoms with Crippen LogP contribution >= 0.6 is 0 Å². The van der Waals surface area contributed by atoms with Crippen LogP contribution in [0.2, 0.25) is 0 Å². The van der Waals surface area contributed by atoms with Crippen LogP contribution in [0.25, 0.3) is 0 Å². The van der Waals surface area contributed by atoms with Crippen molar-refractivity contribution in [1.29, 1.82) is 0 Å². The Labute approximate surface area is 127 Å². The molecule has 1 atom stereocenters. The molecular weight excluding hydrogens is 267 g/mol. The molecule has 1 aliphatic rings. The third kappa shape index (κ3) is 4.17. The number of methoxy groups -OCH3 is 1. The van der Waals surface area contributed by atoms with Crippen molar-refractivity contribution in [3.8, 4) is 0 Å². The molecule has 1 fully saturated rings. The normalized spacial score (nSPS) is 18.0. The van der Waals surface area contributed by atoms with Crippen LogP contribution in [0.15, 0.2) is 18.2 Å². The molecule has 118 valence electrons. The molecule has 0 spiro atoms. The van der Waals surface area contributed by atoms with Crippen molar-refractivity contribution in [1.82, 2.24) is 0 Å². The van der Waals surface area contributed by atoms with E-state index in [-0.39, 0.29) is 11.9 Å². The number of nitrogens with two attached hydrogens (primary N) is 1. The highest BCUT2D eigenvalue weighted by molar-refractivity contribution is 5.55. The molecule has 3 nitrogen and oxygen atoms in total. The minimum atomic E-state index is -0.124. The number of benzene rings is 1. The van der Waals surface area contributed by atoms with Crippen molar-refractivity contribution in [2.75, 3.05) is 31.7 Å². The van der Waals surface area contributed by atoms with Crippen LogP contribution in [-0.4, -0.2) is 32.8 Å². The van der Waals surface area contributed by atoms with Crippen LogP contribution < -0.4 is 10.6 Å². The Morgan fingerprint density at radius 3 is 2.71 bits per heavy atom. The fraction of sp³-hybridized carbons (Fsp3) is 0.647. The molecule has 2 rings (SSSR count). The Bertz CT molecular complexity index is 444. The molecule has 0 aliphatic carbocycles. The summed E-state index contributed by atoms with van der Waals surface area (Å²) in [6.45, 7) is 4.66. The van der Waals surface area contributed by atoms with Crippen molar-refractivity contribution in [2.45, 2.75) is 38.6 Å². The molecule has 1 saturated heterocycles. The minimum absolute atomic E-state index is 0.0941. The van der Waals surface area contributed by atoms with Crippen molar-refractivity contribution >= 4 is 5.69 Å². The topological polar surface area (TPSA) is 38.5 Å². The Morgan fingerprint density at radius 1 is 1.38 bits per heavy atom. The molecule has 4 heteroatoms.